The predicted molar refractivity (Wildman–Crippen MR) is 76.7 cm³/mol. The summed E-state index contributed by atoms with van der Waals surface area (Å²) >= 11 is 3.50. The molecule has 2 heterocycles. The van der Waals surface area contributed by atoms with Gasteiger partial charge in [-0.05, 0) is 24.5 Å². The van der Waals surface area contributed by atoms with Gasteiger partial charge < -0.3 is 5.73 Å². The fourth-order valence-electron chi connectivity index (χ4n) is 1.46. The van der Waals surface area contributed by atoms with Crippen molar-refractivity contribution in [1.82, 2.24) is 4.98 Å². The van der Waals surface area contributed by atoms with Gasteiger partial charge in [0.2, 0.25) is 0 Å². The van der Waals surface area contributed by atoms with Gasteiger partial charge in [0.1, 0.15) is 5.01 Å². The van der Waals surface area contributed by atoms with E-state index >= 15 is 0 Å². The van der Waals surface area contributed by atoms with Crippen molar-refractivity contribution < 1.29 is 0 Å². The third kappa shape index (κ3) is 2.76. The highest BCUT2D eigenvalue weighted by molar-refractivity contribution is 7.21. The number of hydrogen-bond acceptors (Lipinski definition) is 4. The fourth-order valence-corrected chi connectivity index (χ4v) is 3.52. The Morgan fingerprint density at radius 2 is 2.00 bits per heavy atom. The lowest BCUT2D eigenvalue weighted by atomic mass is 9.95. The van der Waals surface area contributed by atoms with E-state index in [0.717, 1.165) is 10.7 Å². The van der Waals surface area contributed by atoms with Gasteiger partial charge in [-0.15, -0.1) is 22.7 Å². The minimum Gasteiger partial charge on any atom is -0.323 e. The molecule has 0 aliphatic rings. The summed E-state index contributed by atoms with van der Waals surface area (Å²) in [5, 5.41) is 3.13. The van der Waals surface area contributed by atoms with E-state index in [1.165, 1.54) is 9.75 Å². The first-order valence-electron chi connectivity index (χ1n) is 5.69. The average molecular weight is 266 g/mol. The number of thiophene rings is 1. The van der Waals surface area contributed by atoms with E-state index in [-0.39, 0.29) is 11.5 Å². The highest BCUT2D eigenvalue weighted by Crippen LogP contribution is 2.36. The molecule has 0 bridgehead atoms. The maximum absolute atomic E-state index is 5.83. The van der Waals surface area contributed by atoms with Crippen LogP contribution in [0.15, 0.2) is 17.5 Å². The first kappa shape index (κ1) is 12.7. The van der Waals surface area contributed by atoms with Crippen molar-refractivity contribution in [2.24, 2.45) is 5.73 Å². The standard InChI is InChI=1S/C13H18N2S2/c1-8(14)9-7-16-12(15-9)10-5-6-11(17-10)13(2,3)4/h5-8H,14H2,1-4H3. The molecule has 92 valence electrons. The molecule has 0 aromatic carbocycles. The van der Waals surface area contributed by atoms with Gasteiger partial charge in [-0.2, -0.15) is 0 Å². The summed E-state index contributed by atoms with van der Waals surface area (Å²) in [6, 6.07) is 4.38. The van der Waals surface area contributed by atoms with Crippen molar-refractivity contribution >= 4 is 22.7 Å². The lowest BCUT2D eigenvalue weighted by Crippen LogP contribution is -2.07. The van der Waals surface area contributed by atoms with Gasteiger partial charge in [-0.1, -0.05) is 20.8 Å². The summed E-state index contributed by atoms with van der Waals surface area (Å²) in [6.45, 7) is 8.67. The summed E-state index contributed by atoms with van der Waals surface area (Å²) in [4.78, 5) is 7.22. The Labute approximate surface area is 111 Å². The second-order valence-electron chi connectivity index (χ2n) is 5.28. The first-order chi connectivity index (χ1) is 7.88. The molecule has 1 unspecified atom stereocenters. The maximum atomic E-state index is 5.83. The Bertz CT molecular complexity index is 503. The molecule has 0 aliphatic carbocycles. The Hall–Kier alpha value is -0.710. The summed E-state index contributed by atoms with van der Waals surface area (Å²) < 4.78 is 0. The molecule has 4 heteroatoms. The van der Waals surface area contributed by atoms with E-state index in [0.29, 0.717) is 0 Å². The van der Waals surface area contributed by atoms with Gasteiger partial charge >= 0.3 is 0 Å². The Balaban J connectivity index is 2.31. The molecule has 17 heavy (non-hydrogen) atoms. The van der Waals surface area contributed by atoms with Crippen LogP contribution in [0.3, 0.4) is 0 Å². The third-order valence-corrected chi connectivity index (χ3v) is 5.09. The predicted octanol–water partition coefficient (Wildman–Crippen LogP) is 4.19. The molecule has 2 aromatic heterocycles. The second kappa shape index (κ2) is 4.52. The average Bonchev–Trinajstić information content (AvgIpc) is 2.85. The lowest BCUT2D eigenvalue weighted by Gasteiger charge is -2.15. The van der Waals surface area contributed by atoms with Crippen molar-refractivity contribution in [1.29, 1.82) is 0 Å². The van der Waals surface area contributed by atoms with Crippen molar-refractivity contribution in [3.63, 3.8) is 0 Å². The SMILES string of the molecule is CC(N)c1csc(-c2ccc(C(C)(C)C)s2)n1. The molecule has 0 fully saturated rings. The highest BCUT2D eigenvalue weighted by Gasteiger charge is 2.17. The Kier molecular flexibility index (Phi) is 3.39. The summed E-state index contributed by atoms with van der Waals surface area (Å²) in [7, 11) is 0. The van der Waals surface area contributed by atoms with Crippen LogP contribution in [-0.4, -0.2) is 4.98 Å². The van der Waals surface area contributed by atoms with Crippen LogP contribution in [0.4, 0.5) is 0 Å². The van der Waals surface area contributed by atoms with Gasteiger partial charge in [0.05, 0.1) is 10.6 Å². The molecule has 1 atom stereocenters. The molecular formula is C13H18N2S2. The number of nitrogens with zero attached hydrogens (tertiary/aromatic N) is 1. The molecule has 0 saturated heterocycles. The lowest BCUT2D eigenvalue weighted by molar-refractivity contribution is 0.604. The number of thiazole rings is 1. The van der Waals surface area contributed by atoms with Crippen LogP contribution in [-0.2, 0) is 5.41 Å². The van der Waals surface area contributed by atoms with Crippen LogP contribution in [0.5, 0.6) is 0 Å². The van der Waals surface area contributed by atoms with Crippen LogP contribution in [0.1, 0.15) is 44.3 Å². The van der Waals surface area contributed by atoms with Crippen LogP contribution in [0.2, 0.25) is 0 Å². The van der Waals surface area contributed by atoms with Gasteiger partial charge in [-0.25, -0.2) is 4.98 Å². The molecule has 0 spiro atoms. The highest BCUT2D eigenvalue weighted by atomic mass is 32.1. The van der Waals surface area contributed by atoms with E-state index in [1.54, 1.807) is 11.3 Å². The van der Waals surface area contributed by atoms with Crippen LogP contribution < -0.4 is 5.73 Å². The normalized spacial score (nSPS) is 13.9. The van der Waals surface area contributed by atoms with Crippen molar-refractivity contribution in [2.75, 3.05) is 0 Å². The topological polar surface area (TPSA) is 38.9 Å². The van der Waals surface area contributed by atoms with Crippen molar-refractivity contribution in [3.05, 3.63) is 28.1 Å². The molecule has 2 rings (SSSR count). The molecule has 2 N–H and O–H groups in total. The molecule has 0 radical (unpaired) electrons. The zero-order valence-electron chi connectivity index (χ0n) is 10.7. The number of rotatable bonds is 2. The minimum atomic E-state index is 0.0158. The number of nitrogens with two attached hydrogens (primary N) is 1. The Morgan fingerprint density at radius 1 is 1.29 bits per heavy atom. The molecule has 0 aliphatic heterocycles. The zero-order valence-corrected chi connectivity index (χ0v) is 12.3. The minimum absolute atomic E-state index is 0.0158. The van der Waals surface area contributed by atoms with E-state index in [2.05, 4.69) is 43.3 Å². The first-order valence-corrected chi connectivity index (χ1v) is 7.39. The third-order valence-electron chi connectivity index (χ3n) is 2.54. The van der Waals surface area contributed by atoms with Crippen LogP contribution in [0.25, 0.3) is 9.88 Å². The van der Waals surface area contributed by atoms with Crippen LogP contribution in [0, 0.1) is 0 Å². The second-order valence-corrected chi connectivity index (χ2v) is 7.22. The smallest absolute Gasteiger partial charge is 0.133 e. The summed E-state index contributed by atoms with van der Waals surface area (Å²) in [5.74, 6) is 0. The summed E-state index contributed by atoms with van der Waals surface area (Å²) in [6.07, 6.45) is 0. The van der Waals surface area contributed by atoms with E-state index in [9.17, 15) is 0 Å². The van der Waals surface area contributed by atoms with E-state index in [1.807, 2.05) is 18.3 Å². The molecule has 0 saturated carbocycles. The van der Waals surface area contributed by atoms with Gasteiger partial charge in [0, 0.05) is 16.3 Å². The van der Waals surface area contributed by atoms with Gasteiger partial charge in [0.25, 0.3) is 0 Å². The zero-order chi connectivity index (χ0) is 12.6. The van der Waals surface area contributed by atoms with Crippen molar-refractivity contribution in [3.8, 4) is 9.88 Å². The maximum Gasteiger partial charge on any atom is 0.133 e. The van der Waals surface area contributed by atoms with Gasteiger partial charge in [0.15, 0.2) is 0 Å². The Morgan fingerprint density at radius 3 is 2.47 bits per heavy atom. The fraction of sp³-hybridized carbons (Fsp3) is 0.462. The van der Waals surface area contributed by atoms with E-state index < -0.39 is 0 Å². The summed E-state index contributed by atoms with van der Waals surface area (Å²) in [5.41, 5.74) is 7.02. The molecule has 2 nitrogen and oxygen atoms in total. The molecule has 0 amide bonds. The van der Waals surface area contributed by atoms with Gasteiger partial charge in [-0.3, -0.25) is 0 Å². The number of hydrogen-bond donors (Lipinski definition) is 1. The molecule has 2 aromatic rings. The van der Waals surface area contributed by atoms with Crippen molar-refractivity contribution in [2.45, 2.75) is 39.2 Å². The van der Waals surface area contributed by atoms with Crippen LogP contribution >= 0.6 is 22.7 Å². The monoisotopic (exact) mass is 266 g/mol. The molecular weight excluding hydrogens is 248 g/mol. The largest absolute Gasteiger partial charge is 0.323 e. The quantitative estimate of drug-likeness (QED) is 0.885. The van der Waals surface area contributed by atoms with E-state index in [4.69, 9.17) is 5.73 Å². The number of aromatic nitrogens is 1.